The quantitative estimate of drug-likeness (QED) is 0.728. The van der Waals surface area contributed by atoms with Crippen LogP contribution in [0.2, 0.25) is 5.02 Å². The first kappa shape index (κ1) is 20.8. The van der Waals surface area contributed by atoms with Gasteiger partial charge in [0.15, 0.2) is 6.61 Å². The van der Waals surface area contributed by atoms with E-state index in [2.05, 4.69) is 5.32 Å². The van der Waals surface area contributed by atoms with Crippen LogP contribution in [0.1, 0.15) is 24.9 Å². The van der Waals surface area contributed by atoms with Crippen LogP contribution in [-0.2, 0) is 19.1 Å². The third-order valence-corrected chi connectivity index (χ3v) is 5.02. The van der Waals surface area contributed by atoms with Crippen LogP contribution in [-0.4, -0.2) is 35.8 Å². The summed E-state index contributed by atoms with van der Waals surface area (Å²) in [5.41, 5.74) is 0.871. The van der Waals surface area contributed by atoms with Gasteiger partial charge in [0.2, 0.25) is 5.91 Å². The molecule has 2 atom stereocenters. The van der Waals surface area contributed by atoms with Gasteiger partial charge in [0.05, 0.1) is 17.6 Å². The zero-order valence-electron chi connectivity index (χ0n) is 15.7. The molecule has 1 fully saturated rings. The van der Waals surface area contributed by atoms with Crippen molar-refractivity contribution in [3.63, 3.8) is 0 Å². The van der Waals surface area contributed by atoms with Gasteiger partial charge in [0.1, 0.15) is 5.82 Å². The number of anilines is 1. The van der Waals surface area contributed by atoms with E-state index < -0.39 is 30.2 Å². The second kappa shape index (κ2) is 9.05. The van der Waals surface area contributed by atoms with Crippen LogP contribution in [0.25, 0.3) is 0 Å². The number of carbonyl (C=O) groups is 3. The molecule has 0 radical (unpaired) electrons. The molecule has 3 rings (SSSR count). The fraction of sp³-hybridized carbons (Fsp3) is 0.286. The lowest BCUT2D eigenvalue weighted by molar-refractivity contribution is -0.151. The minimum absolute atomic E-state index is 0.0283. The number of halogens is 2. The first-order chi connectivity index (χ1) is 13.8. The number of rotatable bonds is 6. The SMILES string of the molecule is C[C@H](c1ccccc1)N1C[C@H](C(=O)OCC(=O)Nc2cc(Cl)ccc2F)CC1=O. The summed E-state index contributed by atoms with van der Waals surface area (Å²) in [5.74, 6) is -2.78. The molecule has 1 N–H and O–H groups in total. The second-order valence-corrected chi connectivity index (χ2v) is 7.25. The molecule has 152 valence electrons. The number of hydrogen-bond acceptors (Lipinski definition) is 4. The Kier molecular flexibility index (Phi) is 6.49. The summed E-state index contributed by atoms with van der Waals surface area (Å²) in [6.07, 6.45) is 0.0283. The molecule has 1 heterocycles. The number of benzene rings is 2. The third kappa shape index (κ3) is 5.12. The average Bonchev–Trinajstić information content (AvgIpc) is 3.10. The van der Waals surface area contributed by atoms with E-state index >= 15 is 0 Å². The lowest BCUT2D eigenvalue weighted by Crippen LogP contribution is -2.30. The standard InChI is InChI=1S/C21H20ClFN2O4/c1-13(14-5-3-2-4-6-14)25-11-15(9-20(25)27)21(28)29-12-19(26)24-18-10-16(22)7-8-17(18)23/h2-8,10,13,15H,9,11-12H2,1H3,(H,24,26)/t13-,15-/m1/s1. The van der Waals surface area contributed by atoms with E-state index in [1.807, 2.05) is 37.3 Å². The Balaban J connectivity index is 1.53. The van der Waals surface area contributed by atoms with E-state index in [0.717, 1.165) is 11.6 Å². The van der Waals surface area contributed by atoms with Crippen LogP contribution >= 0.6 is 11.6 Å². The molecule has 1 saturated heterocycles. The zero-order chi connectivity index (χ0) is 21.0. The summed E-state index contributed by atoms with van der Waals surface area (Å²) in [7, 11) is 0. The minimum Gasteiger partial charge on any atom is -0.455 e. The Morgan fingerprint density at radius 3 is 2.72 bits per heavy atom. The third-order valence-electron chi connectivity index (χ3n) is 4.79. The van der Waals surface area contributed by atoms with Crippen molar-refractivity contribution in [1.29, 1.82) is 0 Å². The summed E-state index contributed by atoms with van der Waals surface area (Å²) in [6, 6.07) is 13.1. The predicted molar refractivity (Wildman–Crippen MR) is 106 cm³/mol. The Hall–Kier alpha value is -2.93. The molecule has 0 saturated carbocycles. The van der Waals surface area contributed by atoms with Gasteiger partial charge in [-0.2, -0.15) is 0 Å². The highest BCUT2D eigenvalue weighted by Crippen LogP contribution is 2.29. The van der Waals surface area contributed by atoms with Gasteiger partial charge in [-0.1, -0.05) is 41.9 Å². The second-order valence-electron chi connectivity index (χ2n) is 6.81. The monoisotopic (exact) mass is 418 g/mol. The van der Waals surface area contributed by atoms with E-state index in [1.165, 1.54) is 12.1 Å². The van der Waals surface area contributed by atoms with Crippen LogP contribution < -0.4 is 5.32 Å². The molecule has 2 aromatic rings. The topological polar surface area (TPSA) is 75.7 Å². The number of amides is 2. The summed E-state index contributed by atoms with van der Waals surface area (Å²) < 4.78 is 18.7. The smallest absolute Gasteiger partial charge is 0.311 e. The maximum Gasteiger partial charge on any atom is 0.311 e. The molecule has 29 heavy (non-hydrogen) atoms. The Morgan fingerprint density at radius 1 is 1.28 bits per heavy atom. The largest absolute Gasteiger partial charge is 0.455 e. The molecule has 0 unspecified atom stereocenters. The van der Waals surface area contributed by atoms with Crippen molar-refractivity contribution in [2.45, 2.75) is 19.4 Å². The van der Waals surface area contributed by atoms with Gasteiger partial charge in [0, 0.05) is 18.0 Å². The van der Waals surface area contributed by atoms with E-state index in [4.69, 9.17) is 16.3 Å². The maximum absolute atomic E-state index is 13.7. The highest BCUT2D eigenvalue weighted by atomic mass is 35.5. The maximum atomic E-state index is 13.7. The fourth-order valence-electron chi connectivity index (χ4n) is 3.21. The van der Waals surface area contributed by atoms with E-state index in [1.54, 1.807) is 4.90 Å². The lowest BCUT2D eigenvalue weighted by atomic mass is 10.1. The molecule has 0 aromatic heterocycles. The first-order valence-electron chi connectivity index (χ1n) is 9.11. The molecule has 6 nitrogen and oxygen atoms in total. The number of carbonyl (C=O) groups excluding carboxylic acids is 3. The molecule has 1 aliphatic heterocycles. The predicted octanol–water partition coefficient (Wildman–Crippen LogP) is 3.57. The fourth-order valence-corrected chi connectivity index (χ4v) is 3.38. The molecule has 0 aliphatic carbocycles. The van der Waals surface area contributed by atoms with Gasteiger partial charge in [-0.25, -0.2) is 4.39 Å². The van der Waals surface area contributed by atoms with Crippen LogP contribution in [0.3, 0.4) is 0 Å². The molecule has 2 amide bonds. The van der Waals surface area contributed by atoms with Crippen LogP contribution in [0.15, 0.2) is 48.5 Å². The molecule has 2 aromatic carbocycles. The van der Waals surface area contributed by atoms with Gasteiger partial charge in [0.25, 0.3) is 5.91 Å². The van der Waals surface area contributed by atoms with Gasteiger partial charge in [-0.3, -0.25) is 14.4 Å². The molecule has 8 heteroatoms. The van der Waals surface area contributed by atoms with Gasteiger partial charge in [-0.05, 0) is 30.7 Å². The van der Waals surface area contributed by atoms with Crippen molar-refractivity contribution < 1.29 is 23.5 Å². The lowest BCUT2D eigenvalue weighted by Gasteiger charge is -2.25. The van der Waals surface area contributed by atoms with Gasteiger partial charge in [-0.15, -0.1) is 0 Å². The van der Waals surface area contributed by atoms with Gasteiger partial charge >= 0.3 is 5.97 Å². The number of ether oxygens (including phenoxy) is 1. The van der Waals surface area contributed by atoms with Crippen molar-refractivity contribution >= 4 is 35.1 Å². The first-order valence-corrected chi connectivity index (χ1v) is 9.49. The normalized spacial score (nSPS) is 17.1. The Labute approximate surface area is 172 Å². The number of esters is 1. The highest BCUT2D eigenvalue weighted by Gasteiger charge is 2.38. The summed E-state index contributed by atoms with van der Waals surface area (Å²) in [6.45, 7) is 1.54. The van der Waals surface area contributed by atoms with E-state index in [-0.39, 0.29) is 35.6 Å². The van der Waals surface area contributed by atoms with Crippen LogP contribution in [0.4, 0.5) is 10.1 Å². The van der Waals surface area contributed by atoms with E-state index in [9.17, 15) is 18.8 Å². The number of hydrogen-bond donors (Lipinski definition) is 1. The molecule has 0 bridgehead atoms. The Morgan fingerprint density at radius 2 is 2.00 bits per heavy atom. The Bertz CT molecular complexity index is 922. The van der Waals surface area contributed by atoms with Crippen molar-refractivity contribution in [2.75, 3.05) is 18.5 Å². The van der Waals surface area contributed by atoms with Crippen LogP contribution in [0.5, 0.6) is 0 Å². The summed E-state index contributed by atoms with van der Waals surface area (Å²) in [4.78, 5) is 38.2. The van der Waals surface area contributed by atoms with Crippen molar-refractivity contribution in [3.05, 3.63) is 64.9 Å². The molecule has 1 aliphatic rings. The highest BCUT2D eigenvalue weighted by molar-refractivity contribution is 6.30. The van der Waals surface area contributed by atoms with Crippen LogP contribution in [0, 0.1) is 11.7 Å². The summed E-state index contributed by atoms with van der Waals surface area (Å²) in [5, 5.41) is 2.56. The zero-order valence-corrected chi connectivity index (χ0v) is 16.5. The van der Waals surface area contributed by atoms with Crippen molar-refractivity contribution in [3.8, 4) is 0 Å². The number of nitrogens with one attached hydrogen (secondary N) is 1. The molecule has 0 spiro atoms. The average molecular weight is 419 g/mol. The molecular formula is C21H20ClFN2O4. The van der Waals surface area contributed by atoms with Gasteiger partial charge < -0.3 is 15.0 Å². The number of nitrogens with zero attached hydrogens (tertiary/aromatic N) is 1. The summed E-state index contributed by atoms with van der Waals surface area (Å²) >= 11 is 5.77. The number of likely N-dealkylation sites (tertiary alicyclic amines) is 1. The van der Waals surface area contributed by atoms with E-state index in [0.29, 0.717) is 0 Å². The molecular weight excluding hydrogens is 399 g/mol. The minimum atomic E-state index is -0.696. The van der Waals surface area contributed by atoms with Crippen molar-refractivity contribution in [1.82, 2.24) is 4.90 Å². The van der Waals surface area contributed by atoms with Crippen molar-refractivity contribution in [2.24, 2.45) is 5.92 Å².